The Morgan fingerprint density at radius 3 is 2.25 bits per heavy atom. The molecule has 0 aromatic rings. The van der Waals surface area contributed by atoms with Crippen LogP contribution in [0.5, 0.6) is 0 Å². The highest BCUT2D eigenvalue weighted by molar-refractivity contribution is 5.77. The van der Waals surface area contributed by atoms with Gasteiger partial charge in [0.1, 0.15) is 12.2 Å². The Kier molecular flexibility index (Phi) is 6.37. The van der Waals surface area contributed by atoms with Crippen LogP contribution in [0.4, 0.5) is 0 Å². The van der Waals surface area contributed by atoms with Gasteiger partial charge in [-0.3, -0.25) is 14.4 Å². The quantitative estimate of drug-likeness (QED) is 0.399. The Bertz CT molecular complexity index is 860. The van der Waals surface area contributed by atoms with Gasteiger partial charge in [-0.2, -0.15) is 0 Å². The van der Waals surface area contributed by atoms with Crippen molar-refractivity contribution in [2.75, 3.05) is 7.11 Å². The molecule has 0 bridgehead atoms. The minimum absolute atomic E-state index is 0.302. The van der Waals surface area contributed by atoms with Crippen molar-refractivity contribution in [2.24, 2.45) is 22.2 Å². The molecule has 3 aliphatic rings. The topological polar surface area (TPSA) is 99.1 Å². The monoisotopic (exact) mass is 448 g/mol. The van der Waals surface area contributed by atoms with E-state index >= 15 is 0 Å². The maximum absolute atomic E-state index is 13.0. The standard InChI is InChI=1S/C25H36O7/c1-8-23(4)11-9-16-20(21(23)28)17(31-14(2)26)13-18-24(5,22(29)30-7)12-10-19(25(16,18)6)32-15(3)27/h8,17-19,21,28H,1,9-13H2,2-7H3/t17-,18+,19+,21-,23-,24-,25-/m1/s1. The fourth-order valence-corrected chi connectivity index (χ4v) is 6.57. The first-order valence-electron chi connectivity index (χ1n) is 11.3. The lowest BCUT2D eigenvalue weighted by atomic mass is 9.45. The third-order valence-corrected chi connectivity index (χ3v) is 8.45. The molecule has 0 unspecified atom stereocenters. The normalized spacial score (nSPS) is 41.1. The van der Waals surface area contributed by atoms with Crippen LogP contribution < -0.4 is 0 Å². The number of fused-ring (bicyclic) bond motifs is 2. The zero-order valence-electron chi connectivity index (χ0n) is 20.0. The van der Waals surface area contributed by atoms with Crippen LogP contribution in [0.3, 0.4) is 0 Å². The van der Waals surface area contributed by atoms with E-state index in [2.05, 4.69) is 6.58 Å². The molecule has 0 amide bonds. The fraction of sp³-hybridized carbons (Fsp3) is 0.720. The maximum atomic E-state index is 13.0. The SMILES string of the molecule is C=C[C@]1(C)CCC2=C([C@H]1O)[C@H](OC(C)=O)C[C@@H]1[C@]2(C)[C@@H](OC(C)=O)CC[C@@]1(C)C(=O)OC. The number of hydrogen-bond donors (Lipinski definition) is 1. The van der Waals surface area contributed by atoms with Crippen molar-refractivity contribution in [3.8, 4) is 0 Å². The number of aliphatic hydroxyl groups excluding tert-OH is 1. The fourth-order valence-electron chi connectivity index (χ4n) is 6.57. The van der Waals surface area contributed by atoms with Gasteiger partial charge in [-0.1, -0.05) is 25.5 Å². The van der Waals surface area contributed by atoms with E-state index in [-0.39, 0.29) is 17.9 Å². The highest BCUT2D eigenvalue weighted by Crippen LogP contribution is 2.64. The van der Waals surface area contributed by atoms with Gasteiger partial charge in [0.2, 0.25) is 0 Å². The van der Waals surface area contributed by atoms with Gasteiger partial charge < -0.3 is 19.3 Å². The van der Waals surface area contributed by atoms with Crippen LogP contribution in [0.2, 0.25) is 0 Å². The molecule has 1 N–H and O–H groups in total. The molecule has 7 nitrogen and oxygen atoms in total. The van der Waals surface area contributed by atoms with E-state index in [9.17, 15) is 19.5 Å². The molecule has 3 rings (SSSR count). The number of aliphatic hydroxyl groups is 1. The Morgan fingerprint density at radius 2 is 1.72 bits per heavy atom. The second kappa shape index (κ2) is 8.32. The Balaban J connectivity index is 2.26. The van der Waals surface area contributed by atoms with Crippen molar-refractivity contribution < 1.29 is 33.7 Å². The number of carbonyl (C=O) groups excluding carboxylic acids is 3. The molecule has 1 saturated carbocycles. The number of methoxy groups -OCH3 is 1. The molecule has 0 saturated heterocycles. The summed E-state index contributed by atoms with van der Waals surface area (Å²) in [4.78, 5) is 37.0. The second-order valence-corrected chi connectivity index (χ2v) is 10.3. The van der Waals surface area contributed by atoms with Gasteiger partial charge in [0.25, 0.3) is 0 Å². The molecule has 3 aliphatic carbocycles. The van der Waals surface area contributed by atoms with Gasteiger partial charge in [-0.05, 0) is 50.5 Å². The van der Waals surface area contributed by atoms with E-state index in [4.69, 9.17) is 14.2 Å². The van der Waals surface area contributed by atoms with Gasteiger partial charge >= 0.3 is 17.9 Å². The van der Waals surface area contributed by atoms with E-state index < -0.39 is 40.5 Å². The average Bonchev–Trinajstić information content (AvgIpc) is 2.72. The predicted octanol–water partition coefficient (Wildman–Crippen LogP) is 3.49. The summed E-state index contributed by atoms with van der Waals surface area (Å²) in [5, 5.41) is 11.4. The van der Waals surface area contributed by atoms with Gasteiger partial charge in [-0.25, -0.2) is 0 Å². The average molecular weight is 449 g/mol. The Hall–Kier alpha value is -2.15. The summed E-state index contributed by atoms with van der Waals surface area (Å²) in [6.45, 7) is 12.5. The minimum Gasteiger partial charge on any atom is -0.469 e. The molecule has 0 aromatic carbocycles. The van der Waals surface area contributed by atoms with Crippen molar-refractivity contribution in [1.82, 2.24) is 0 Å². The molecule has 0 radical (unpaired) electrons. The summed E-state index contributed by atoms with van der Waals surface area (Å²) in [5.74, 6) is -1.46. The number of ether oxygens (including phenoxy) is 3. The minimum atomic E-state index is -0.893. The van der Waals surface area contributed by atoms with Crippen LogP contribution in [0, 0.1) is 22.2 Å². The van der Waals surface area contributed by atoms with Crippen molar-refractivity contribution in [3.63, 3.8) is 0 Å². The van der Waals surface area contributed by atoms with E-state index in [1.807, 2.05) is 20.8 Å². The summed E-state index contributed by atoms with van der Waals surface area (Å²) in [7, 11) is 1.38. The second-order valence-electron chi connectivity index (χ2n) is 10.3. The lowest BCUT2D eigenvalue weighted by Gasteiger charge is -2.60. The molecule has 0 spiro atoms. The lowest BCUT2D eigenvalue weighted by molar-refractivity contribution is -0.186. The molecule has 32 heavy (non-hydrogen) atoms. The molecular formula is C25H36O7. The van der Waals surface area contributed by atoms with E-state index in [0.29, 0.717) is 37.7 Å². The van der Waals surface area contributed by atoms with Crippen molar-refractivity contribution in [3.05, 3.63) is 23.8 Å². The van der Waals surface area contributed by atoms with Crippen LogP contribution in [0.15, 0.2) is 23.8 Å². The molecule has 178 valence electrons. The summed E-state index contributed by atoms with van der Waals surface area (Å²) in [5.41, 5.74) is -0.534. The van der Waals surface area contributed by atoms with E-state index in [1.54, 1.807) is 6.08 Å². The molecule has 7 atom stereocenters. The molecule has 7 heteroatoms. The van der Waals surface area contributed by atoms with Crippen LogP contribution in [0.25, 0.3) is 0 Å². The van der Waals surface area contributed by atoms with Crippen molar-refractivity contribution >= 4 is 17.9 Å². The molecule has 1 fully saturated rings. The van der Waals surface area contributed by atoms with Crippen LogP contribution >= 0.6 is 0 Å². The summed E-state index contributed by atoms with van der Waals surface area (Å²) in [6, 6.07) is 0. The summed E-state index contributed by atoms with van der Waals surface area (Å²) >= 11 is 0. The number of carbonyl (C=O) groups is 3. The van der Waals surface area contributed by atoms with Gasteiger partial charge in [0.15, 0.2) is 0 Å². The zero-order chi connectivity index (χ0) is 24.1. The summed E-state index contributed by atoms with van der Waals surface area (Å²) in [6.07, 6.45) is 2.33. The van der Waals surface area contributed by atoms with Crippen LogP contribution in [-0.2, 0) is 28.6 Å². The van der Waals surface area contributed by atoms with E-state index in [1.165, 1.54) is 21.0 Å². The summed E-state index contributed by atoms with van der Waals surface area (Å²) < 4.78 is 16.7. The van der Waals surface area contributed by atoms with E-state index in [0.717, 1.165) is 5.57 Å². The Morgan fingerprint density at radius 1 is 1.09 bits per heavy atom. The number of esters is 3. The van der Waals surface area contributed by atoms with Crippen molar-refractivity contribution in [2.45, 2.75) is 85.0 Å². The number of rotatable bonds is 4. The molecule has 0 heterocycles. The third-order valence-electron chi connectivity index (χ3n) is 8.45. The first-order valence-corrected chi connectivity index (χ1v) is 11.3. The largest absolute Gasteiger partial charge is 0.469 e. The van der Waals surface area contributed by atoms with Crippen LogP contribution in [-0.4, -0.2) is 48.4 Å². The third kappa shape index (κ3) is 3.58. The highest BCUT2D eigenvalue weighted by Gasteiger charge is 2.64. The maximum Gasteiger partial charge on any atom is 0.311 e. The first kappa shape index (κ1) is 24.5. The van der Waals surface area contributed by atoms with Gasteiger partial charge in [-0.15, -0.1) is 6.58 Å². The highest BCUT2D eigenvalue weighted by atomic mass is 16.6. The Labute approximate surface area is 190 Å². The molecule has 0 aromatic heterocycles. The smallest absolute Gasteiger partial charge is 0.311 e. The van der Waals surface area contributed by atoms with Gasteiger partial charge in [0, 0.05) is 24.7 Å². The predicted molar refractivity (Wildman–Crippen MR) is 117 cm³/mol. The van der Waals surface area contributed by atoms with Crippen molar-refractivity contribution in [1.29, 1.82) is 0 Å². The first-order chi connectivity index (χ1) is 14.8. The lowest BCUT2D eigenvalue weighted by Crippen LogP contribution is -2.61. The van der Waals surface area contributed by atoms with Crippen LogP contribution in [0.1, 0.15) is 66.7 Å². The van der Waals surface area contributed by atoms with Gasteiger partial charge in [0.05, 0.1) is 18.6 Å². The molecule has 0 aliphatic heterocycles. The number of hydrogen-bond acceptors (Lipinski definition) is 7. The molecular weight excluding hydrogens is 412 g/mol. The zero-order valence-corrected chi connectivity index (χ0v) is 20.0.